The van der Waals surface area contributed by atoms with Crippen molar-refractivity contribution in [2.45, 2.75) is 77.0 Å². The molecule has 4 rings (SSSR count). The van der Waals surface area contributed by atoms with Crippen LogP contribution < -0.4 is 4.90 Å². The predicted octanol–water partition coefficient (Wildman–Crippen LogP) is 3.33. The number of cyclic esters (lactones) is 1. The maximum Gasteiger partial charge on any atom is 0.419 e. The van der Waals surface area contributed by atoms with Gasteiger partial charge in [0.1, 0.15) is 33.4 Å². The summed E-state index contributed by atoms with van der Waals surface area (Å²) in [6.45, 7) is 5.20. The zero-order valence-electron chi connectivity index (χ0n) is 25.7. The molecule has 0 bridgehead atoms. The second-order valence-electron chi connectivity index (χ2n) is 12.2. The minimum absolute atomic E-state index is 0.0102. The molecule has 4 amide bonds. The zero-order valence-corrected chi connectivity index (χ0v) is 26.5. The van der Waals surface area contributed by atoms with E-state index in [1.165, 1.54) is 23.1 Å². The summed E-state index contributed by atoms with van der Waals surface area (Å²) in [4.78, 5) is 65.6. The third kappa shape index (κ3) is 8.61. The van der Waals surface area contributed by atoms with Crippen LogP contribution in [-0.4, -0.2) is 104 Å². The van der Waals surface area contributed by atoms with Gasteiger partial charge in [-0.1, -0.05) is 6.07 Å². The first-order chi connectivity index (χ1) is 21.0. The third-order valence-corrected chi connectivity index (χ3v) is 9.40. The van der Waals surface area contributed by atoms with Gasteiger partial charge in [0.25, 0.3) is 0 Å². The first-order valence-electron chi connectivity index (χ1n) is 14.6. The summed E-state index contributed by atoms with van der Waals surface area (Å²) in [7, 11) is -3.11. The van der Waals surface area contributed by atoms with Crippen LogP contribution in [0.3, 0.4) is 0 Å². The van der Waals surface area contributed by atoms with Crippen molar-refractivity contribution >= 4 is 45.7 Å². The number of hydrogen-bond donors (Lipinski definition) is 0. The number of halogens is 1. The van der Waals surface area contributed by atoms with Crippen molar-refractivity contribution in [1.29, 1.82) is 0 Å². The molecule has 1 aromatic carbocycles. The Balaban J connectivity index is 1.29. The molecule has 0 N–H and O–H groups in total. The highest BCUT2D eigenvalue weighted by atomic mass is 32.2. The van der Waals surface area contributed by atoms with Crippen molar-refractivity contribution in [3.63, 3.8) is 0 Å². The number of rotatable bonds is 7. The molecular formula is C29H38FN3O11S. The van der Waals surface area contributed by atoms with Crippen LogP contribution in [0.5, 0.6) is 0 Å². The van der Waals surface area contributed by atoms with Gasteiger partial charge in [0, 0.05) is 13.5 Å². The van der Waals surface area contributed by atoms with Crippen LogP contribution in [0.15, 0.2) is 18.2 Å². The lowest BCUT2D eigenvalue weighted by Gasteiger charge is -2.27. The fourth-order valence-corrected chi connectivity index (χ4v) is 6.93. The first-order valence-corrected chi connectivity index (χ1v) is 16.5. The summed E-state index contributed by atoms with van der Waals surface area (Å²) in [5.74, 6) is -2.38. The smallest absolute Gasteiger partial charge is 0.419 e. The van der Waals surface area contributed by atoms with Gasteiger partial charge in [-0.15, -0.1) is 0 Å². The van der Waals surface area contributed by atoms with Crippen molar-refractivity contribution in [1.82, 2.24) is 9.80 Å². The number of hydrogen-bond acceptors (Lipinski definition) is 11. The van der Waals surface area contributed by atoms with E-state index in [1.54, 1.807) is 20.8 Å². The number of sulfone groups is 1. The minimum atomic E-state index is -3.11. The number of ether oxygens (including phenoxy) is 4. The lowest BCUT2D eigenvalue weighted by atomic mass is 9.93. The number of esters is 1. The Bertz CT molecular complexity index is 1430. The lowest BCUT2D eigenvalue weighted by molar-refractivity contribution is -0.157. The molecule has 1 aromatic rings. The van der Waals surface area contributed by atoms with Crippen molar-refractivity contribution in [2.75, 3.05) is 42.8 Å². The van der Waals surface area contributed by atoms with Gasteiger partial charge in [-0.2, -0.15) is 0 Å². The predicted molar refractivity (Wildman–Crippen MR) is 155 cm³/mol. The summed E-state index contributed by atoms with van der Waals surface area (Å²) < 4.78 is 59.1. The Labute approximate surface area is 260 Å². The van der Waals surface area contributed by atoms with Crippen LogP contribution in [0, 0.1) is 5.82 Å². The molecule has 0 aliphatic carbocycles. The Morgan fingerprint density at radius 1 is 1.09 bits per heavy atom. The molecule has 0 unspecified atom stereocenters. The molecule has 0 saturated carbocycles. The normalized spacial score (nSPS) is 21.7. The van der Waals surface area contributed by atoms with Gasteiger partial charge in [-0.3, -0.25) is 14.6 Å². The Morgan fingerprint density at radius 3 is 2.40 bits per heavy atom. The summed E-state index contributed by atoms with van der Waals surface area (Å²) in [5.41, 5.74) is -0.188. The Morgan fingerprint density at radius 2 is 1.78 bits per heavy atom. The van der Waals surface area contributed by atoms with E-state index >= 15 is 4.39 Å². The van der Waals surface area contributed by atoms with Crippen LogP contribution in [0.25, 0.3) is 0 Å². The van der Waals surface area contributed by atoms with Gasteiger partial charge in [0.2, 0.25) is 12.7 Å². The number of amides is 4. The van der Waals surface area contributed by atoms with E-state index in [0.29, 0.717) is 42.7 Å². The van der Waals surface area contributed by atoms with E-state index in [-0.39, 0.29) is 36.2 Å². The molecule has 0 aromatic heterocycles. The summed E-state index contributed by atoms with van der Waals surface area (Å²) in [6.07, 6.45) is -2.07. The van der Waals surface area contributed by atoms with Gasteiger partial charge in [-0.25, -0.2) is 36.9 Å². The number of imide groups is 1. The van der Waals surface area contributed by atoms with Crippen molar-refractivity contribution in [3.05, 3.63) is 29.6 Å². The minimum Gasteiger partial charge on any atom is -0.444 e. The van der Waals surface area contributed by atoms with E-state index in [1.807, 2.05) is 0 Å². The van der Waals surface area contributed by atoms with E-state index in [4.69, 9.17) is 18.9 Å². The summed E-state index contributed by atoms with van der Waals surface area (Å²) in [5, 5.41) is 0. The van der Waals surface area contributed by atoms with Crippen LogP contribution in [0.2, 0.25) is 0 Å². The second kappa shape index (κ2) is 13.6. The second-order valence-corrected chi connectivity index (χ2v) is 14.5. The number of carbonyl (C=O) groups excluding carboxylic acids is 5. The van der Waals surface area contributed by atoms with Gasteiger partial charge < -0.3 is 18.9 Å². The standard InChI is InChI=1S/C29H38FN3O11S/c1-18(34)32(26(36)42-17-41-25(35)24-6-5-11-31(24)28(38)44-29(2,3)4)15-21-16-33(27(37)43-21)20-7-8-22(23(30)14-20)19-9-12-45(39,40)13-10-19/h7-8,14,19,21,24H,5-6,9-13,15-17H2,1-4H3/t21-,24-/m0/s1. The number of benzene rings is 1. The molecule has 0 spiro atoms. The molecule has 3 saturated heterocycles. The van der Waals surface area contributed by atoms with Crippen LogP contribution in [-0.2, 0) is 38.4 Å². The number of nitrogens with zero attached hydrogens (tertiary/aromatic N) is 3. The van der Waals surface area contributed by atoms with Crippen LogP contribution in [0.4, 0.5) is 24.5 Å². The van der Waals surface area contributed by atoms with E-state index in [9.17, 15) is 32.4 Å². The third-order valence-electron chi connectivity index (χ3n) is 7.69. The Kier molecular flexibility index (Phi) is 10.2. The Hall–Kier alpha value is -3.95. The molecule has 45 heavy (non-hydrogen) atoms. The highest BCUT2D eigenvalue weighted by Gasteiger charge is 2.39. The number of anilines is 1. The van der Waals surface area contributed by atoms with Crippen molar-refractivity contribution < 1.29 is 55.7 Å². The molecule has 248 valence electrons. The fourth-order valence-electron chi connectivity index (χ4n) is 5.44. The van der Waals surface area contributed by atoms with Gasteiger partial charge in [-0.05, 0) is 70.1 Å². The maximum absolute atomic E-state index is 15.0. The average molecular weight is 656 g/mol. The highest BCUT2D eigenvalue weighted by Crippen LogP contribution is 2.33. The SMILES string of the molecule is CC(=O)N(C[C@H]1CN(c2ccc(C3CCS(=O)(=O)CC3)c(F)c2)C(=O)O1)C(=O)OCOC(=O)[C@@H]1CCCN1C(=O)OC(C)(C)C. The molecule has 3 heterocycles. The van der Waals surface area contributed by atoms with Crippen LogP contribution in [0.1, 0.15) is 64.9 Å². The average Bonchev–Trinajstić information content (AvgIpc) is 3.58. The van der Waals surface area contributed by atoms with Crippen molar-refractivity contribution in [3.8, 4) is 0 Å². The fraction of sp³-hybridized carbons (Fsp3) is 0.621. The molecule has 2 atom stereocenters. The van der Waals surface area contributed by atoms with Crippen LogP contribution >= 0.6 is 0 Å². The topological polar surface area (TPSA) is 166 Å². The first kappa shape index (κ1) is 33.9. The van der Waals surface area contributed by atoms with E-state index in [0.717, 1.165) is 11.8 Å². The quantitative estimate of drug-likeness (QED) is 0.240. The molecule has 0 radical (unpaired) electrons. The molecular weight excluding hydrogens is 617 g/mol. The zero-order chi connectivity index (χ0) is 33.1. The summed E-state index contributed by atoms with van der Waals surface area (Å²) in [6, 6.07) is 3.31. The summed E-state index contributed by atoms with van der Waals surface area (Å²) >= 11 is 0. The van der Waals surface area contributed by atoms with Gasteiger partial charge in [0.05, 0.1) is 30.3 Å². The van der Waals surface area contributed by atoms with Gasteiger partial charge >= 0.3 is 24.2 Å². The largest absolute Gasteiger partial charge is 0.444 e. The monoisotopic (exact) mass is 655 g/mol. The van der Waals surface area contributed by atoms with Gasteiger partial charge in [0.15, 0.2) is 0 Å². The maximum atomic E-state index is 15.0. The number of likely N-dealkylation sites (tertiary alicyclic amines) is 1. The van der Waals surface area contributed by atoms with E-state index < -0.39 is 70.4 Å². The molecule has 3 fully saturated rings. The van der Waals surface area contributed by atoms with E-state index in [2.05, 4.69) is 0 Å². The molecule has 16 heteroatoms. The van der Waals surface area contributed by atoms with Crippen molar-refractivity contribution in [2.24, 2.45) is 0 Å². The lowest BCUT2D eigenvalue weighted by Crippen LogP contribution is -2.45. The number of carbonyl (C=O) groups is 5. The molecule has 3 aliphatic rings. The highest BCUT2D eigenvalue weighted by molar-refractivity contribution is 7.91. The molecule has 14 nitrogen and oxygen atoms in total. The molecule has 3 aliphatic heterocycles.